The molecule has 0 amide bonds. The van der Waals surface area contributed by atoms with Crippen LogP contribution in [0.15, 0.2) is 18.2 Å². The molecule has 0 aliphatic rings. The van der Waals surface area contributed by atoms with E-state index in [0.717, 1.165) is 6.42 Å². The van der Waals surface area contributed by atoms with Gasteiger partial charge in [0.15, 0.2) is 0 Å². The van der Waals surface area contributed by atoms with Crippen molar-refractivity contribution in [2.75, 3.05) is 6.61 Å². The van der Waals surface area contributed by atoms with Gasteiger partial charge in [-0.2, -0.15) is 0 Å². The molecule has 0 aliphatic carbocycles. The molecule has 0 aromatic heterocycles. The molecule has 0 radical (unpaired) electrons. The fraction of sp³-hybridized carbons (Fsp3) is 0.533. The van der Waals surface area contributed by atoms with Gasteiger partial charge in [0.05, 0.1) is 19.3 Å². The van der Waals surface area contributed by atoms with Crippen LogP contribution in [-0.2, 0) is 20.9 Å². The van der Waals surface area contributed by atoms with E-state index in [9.17, 15) is 15.0 Å². The molecule has 0 saturated carbocycles. The highest BCUT2D eigenvalue weighted by atomic mass is 16.5. The predicted molar refractivity (Wildman–Crippen MR) is 74.5 cm³/mol. The number of hydrogen-bond acceptors (Lipinski definition) is 5. The normalized spacial score (nSPS) is 12.1. The molecule has 112 valence electrons. The summed E-state index contributed by atoms with van der Waals surface area (Å²) in [5.41, 5.74) is 0.609. The molecule has 0 bridgehead atoms. The summed E-state index contributed by atoms with van der Waals surface area (Å²) < 4.78 is 10.5. The van der Waals surface area contributed by atoms with Crippen LogP contribution in [0, 0.1) is 0 Å². The van der Waals surface area contributed by atoms with Gasteiger partial charge in [0.1, 0.15) is 11.5 Å². The summed E-state index contributed by atoms with van der Waals surface area (Å²) in [4.78, 5) is 11.3. The number of carbonyl (C=O) groups is 1. The van der Waals surface area contributed by atoms with Gasteiger partial charge in [0.25, 0.3) is 0 Å². The number of rotatable bonds is 8. The number of phenolic OH excluding ortho intramolecular Hbond substituents is 2. The minimum absolute atomic E-state index is 0.00486. The van der Waals surface area contributed by atoms with E-state index in [4.69, 9.17) is 9.47 Å². The molecule has 1 atom stereocenters. The van der Waals surface area contributed by atoms with E-state index >= 15 is 0 Å². The van der Waals surface area contributed by atoms with Gasteiger partial charge in [-0.25, -0.2) is 0 Å². The van der Waals surface area contributed by atoms with Gasteiger partial charge in [-0.15, -0.1) is 0 Å². The Bertz CT molecular complexity index is 430. The lowest BCUT2D eigenvalue weighted by atomic mass is 10.1. The Labute approximate surface area is 119 Å². The Morgan fingerprint density at radius 2 is 2.05 bits per heavy atom. The lowest BCUT2D eigenvalue weighted by Gasteiger charge is -2.16. The molecule has 5 nitrogen and oxygen atoms in total. The van der Waals surface area contributed by atoms with Gasteiger partial charge < -0.3 is 19.7 Å². The summed E-state index contributed by atoms with van der Waals surface area (Å²) in [5.74, 6) is -0.201. The van der Waals surface area contributed by atoms with Crippen molar-refractivity contribution in [2.45, 2.75) is 45.8 Å². The molecule has 1 rings (SSSR count). The molecule has 2 N–H and O–H groups in total. The van der Waals surface area contributed by atoms with Crippen LogP contribution in [0.4, 0.5) is 0 Å². The molecule has 0 saturated heterocycles. The van der Waals surface area contributed by atoms with E-state index < -0.39 is 0 Å². The Balaban J connectivity index is 2.42. The fourth-order valence-electron chi connectivity index (χ4n) is 1.80. The minimum atomic E-state index is -0.220. The standard InChI is InChI=1S/C15H22O5/c1-3-13(7-8-15(18)19-4-2)20-10-11-5-6-12(16)9-14(11)17/h5-6,9,13,16-17H,3-4,7-8,10H2,1-2H3. The number of esters is 1. The quantitative estimate of drug-likeness (QED) is 0.717. The van der Waals surface area contributed by atoms with Gasteiger partial charge in [-0.3, -0.25) is 4.79 Å². The molecule has 5 heteroatoms. The third-order valence-electron chi connectivity index (χ3n) is 2.97. The first-order chi connectivity index (χ1) is 9.56. The summed E-state index contributed by atoms with van der Waals surface area (Å²) in [6.45, 7) is 4.39. The first-order valence-electron chi connectivity index (χ1n) is 6.84. The zero-order valence-corrected chi connectivity index (χ0v) is 12.0. The van der Waals surface area contributed by atoms with Crippen molar-refractivity contribution in [3.8, 4) is 11.5 Å². The summed E-state index contributed by atoms with van der Waals surface area (Å²) in [6, 6.07) is 4.39. The number of ether oxygens (including phenoxy) is 2. The van der Waals surface area contributed by atoms with E-state index in [2.05, 4.69) is 0 Å². The third-order valence-corrected chi connectivity index (χ3v) is 2.97. The highest BCUT2D eigenvalue weighted by Crippen LogP contribution is 2.24. The Kier molecular flexibility index (Phi) is 6.87. The van der Waals surface area contributed by atoms with E-state index in [1.165, 1.54) is 12.1 Å². The molecule has 0 aliphatic heterocycles. The SMILES string of the molecule is CCOC(=O)CCC(CC)OCc1ccc(O)cc1O. The maximum atomic E-state index is 11.3. The van der Waals surface area contributed by atoms with Crippen molar-refractivity contribution in [2.24, 2.45) is 0 Å². The highest BCUT2D eigenvalue weighted by molar-refractivity contribution is 5.69. The molecule has 20 heavy (non-hydrogen) atoms. The molecule has 1 aromatic rings. The van der Waals surface area contributed by atoms with Crippen LogP contribution in [0.1, 0.15) is 38.7 Å². The number of aromatic hydroxyl groups is 2. The van der Waals surface area contributed by atoms with Crippen LogP contribution in [0.5, 0.6) is 11.5 Å². The Morgan fingerprint density at radius 3 is 2.65 bits per heavy atom. The molecule has 1 unspecified atom stereocenters. The van der Waals surface area contributed by atoms with Crippen molar-refractivity contribution in [1.82, 2.24) is 0 Å². The van der Waals surface area contributed by atoms with Gasteiger partial charge in [-0.05, 0) is 31.9 Å². The molecule has 0 heterocycles. The van der Waals surface area contributed by atoms with Crippen molar-refractivity contribution in [1.29, 1.82) is 0 Å². The third kappa shape index (κ3) is 5.48. The average Bonchev–Trinajstić information content (AvgIpc) is 2.41. The maximum Gasteiger partial charge on any atom is 0.305 e. The van der Waals surface area contributed by atoms with Crippen LogP contribution in [0.3, 0.4) is 0 Å². The molecule has 0 fully saturated rings. The second kappa shape index (κ2) is 8.43. The highest BCUT2D eigenvalue weighted by Gasteiger charge is 2.12. The first kappa shape index (κ1) is 16.3. The summed E-state index contributed by atoms with van der Waals surface area (Å²) in [7, 11) is 0. The first-order valence-corrected chi connectivity index (χ1v) is 6.84. The van der Waals surface area contributed by atoms with Gasteiger partial charge in [0.2, 0.25) is 0 Å². The molecule has 1 aromatic carbocycles. The van der Waals surface area contributed by atoms with Gasteiger partial charge in [0, 0.05) is 18.1 Å². The van der Waals surface area contributed by atoms with Crippen LogP contribution < -0.4 is 0 Å². The summed E-state index contributed by atoms with van der Waals surface area (Å²) in [5, 5.41) is 18.9. The zero-order chi connectivity index (χ0) is 15.0. The molecule has 0 spiro atoms. The van der Waals surface area contributed by atoms with E-state index in [0.29, 0.717) is 25.0 Å². The van der Waals surface area contributed by atoms with Gasteiger partial charge in [-0.1, -0.05) is 6.92 Å². The van der Waals surface area contributed by atoms with Crippen LogP contribution >= 0.6 is 0 Å². The number of phenols is 2. The second-order valence-electron chi connectivity index (χ2n) is 4.50. The lowest BCUT2D eigenvalue weighted by molar-refractivity contribution is -0.144. The van der Waals surface area contributed by atoms with Crippen molar-refractivity contribution in [3.63, 3.8) is 0 Å². The number of benzene rings is 1. The monoisotopic (exact) mass is 282 g/mol. The summed E-state index contributed by atoms with van der Waals surface area (Å²) >= 11 is 0. The van der Waals surface area contributed by atoms with Gasteiger partial charge >= 0.3 is 5.97 Å². The van der Waals surface area contributed by atoms with Crippen molar-refractivity contribution < 1.29 is 24.5 Å². The topological polar surface area (TPSA) is 76.0 Å². The predicted octanol–water partition coefficient (Wildman–Crippen LogP) is 2.74. The Morgan fingerprint density at radius 1 is 1.30 bits per heavy atom. The Hall–Kier alpha value is -1.75. The number of hydrogen-bond donors (Lipinski definition) is 2. The lowest BCUT2D eigenvalue weighted by Crippen LogP contribution is -2.15. The zero-order valence-electron chi connectivity index (χ0n) is 12.0. The number of carbonyl (C=O) groups excluding carboxylic acids is 1. The van der Waals surface area contributed by atoms with E-state index in [1.807, 2.05) is 6.92 Å². The van der Waals surface area contributed by atoms with Crippen molar-refractivity contribution in [3.05, 3.63) is 23.8 Å². The molecular formula is C15H22O5. The largest absolute Gasteiger partial charge is 0.508 e. The summed E-state index contributed by atoms with van der Waals surface area (Å²) in [6.07, 6.45) is 1.63. The van der Waals surface area contributed by atoms with Crippen molar-refractivity contribution >= 4 is 5.97 Å². The maximum absolute atomic E-state index is 11.3. The minimum Gasteiger partial charge on any atom is -0.508 e. The van der Waals surface area contributed by atoms with Crippen LogP contribution in [0.25, 0.3) is 0 Å². The van der Waals surface area contributed by atoms with E-state index in [1.54, 1.807) is 13.0 Å². The second-order valence-corrected chi connectivity index (χ2v) is 4.50. The average molecular weight is 282 g/mol. The van der Waals surface area contributed by atoms with E-state index in [-0.39, 0.29) is 30.2 Å². The fourth-order valence-corrected chi connectivity index (χ4v) is 1.80. The molecular weight excluding hydrogens is 260 g/mol. The smallest absolute Gasteiger partial charge is 0.305 e. The van der Waals surface area contributed by atoms with Crippen LogP contribution in [0.2, 0.25) is 0 Å². The van der Waals surface area contributed by atoms with Crippen LogP contribution in [-0.4, -0.2) is 28.9 Å².